The van der Waals surface area contributed by atoms with Crippen LogP contribution in [0.1, 0.15) is 25.7 Å². The monoisotopic (exact) mass is 201 g/mol. The Bertz CT molecular complexity index is 172. The highest BCUT2D eigenvalue weighted by Gasteiger charge is 2.22. The molecule has 0 aromatic heterocycles. The third-order valence-corrected chi connectivity index (χ3v) is 3.32. The molecule has 0 aromatic carbocycles. The van der Waals surface area contributed by atoms with Crippen LogP contribution in [0.25, 0.3) is 0 Å². The molecule has 13 heavy (non-hydrogen) atoms. The Morgan fingerprint density at radius 2 is 2.38 bits per heavy atom. The molecule has 0 amide bonds. The van der Waals surface area contributed by atoms with Crippen LogP contribution in [-0.4, -0.2) is 42.3 Å². The molecule has 0 saturated heterocycles. The van der Waals surface area contributed by atoms with E-state index in [0.29, 0.717) is 11.8 Å². The van der Waals surface area contributed by atoms with Gasteiger partial charge >= 0.3 is 0 Å². The first-order valence-electron chi connectivity index (χ1n) is 4.95. The third-order valence-electron chi connectivity index (χ3n) is 2.73. The largest absolute Gasteiger partial charge is 0.302 e. The number of Topliss-reactive ketones (excluding diaryl/α,β-unsaturated/α-hetero) is 1. The van der Waals surface area contributed by atoms with E-state index in [1.54, 1.807) is 0 Å². The van der Waals surface area contributed by atoms with E-state index >= 15 is 0 Å². The van der Waals surface area contributed by atoms with E-state index in [1.807, 2.05) is 11.8 Å². The van der Waals surface area contributed by atoms with Gasteiger partial charge in [0.25, 0.3) is 0 Å². The van der Waals surface area contributed by atoms with Gasteiger partial charge in [0, 0.05) is 31.2 Å². The molecule has 3 heteroatoms. The van der Waals surface area contributed by atoms with Crippen molar-refractivity contribution in [1.82, 2.24) is 4.90 Å². The zero-order valence-electron chi connectivity index (χ0n) is 8.58. The van der Waals surface area contributed by atoms with Gasteiger partial charge in [-0.15, -0.1) is 0 Å². The summed E-state index contributed by atoms with van der Waals surface area (Å²) in [7, 11) is 2.14. The van der Waals surface area contributed by atoms with Gasteiger partial charge in [0.2, 0.25) is 0 Å². The standard InChI is InChI=1S/C10H19NOS/c1-11(6-7-13-2)9-4-3-5-10(12)8-9/h9H,3-8H2,1-2H3. The summed E-state index contributed by atoms with van der Waals surface area (Å²) in [5, 5.41) is 0. The highest BCUT2D eigenvalue weighted by atomic mass is 32.2. The van der Waals surface area contributed by atoms with Gasteiger partial charge in [0.1, 0.15) is 5.78 Å². The Labute approximate surface area is 85.1 Å². The molecule has 1 unspecified atom stereocenters. The Morgan fingerprint density at radius 1 is 1.62 bits per heavy atom. The Morgan fingerprint density at radius 3 is 3.00 bits per heavy atom. The molecule has 0 aromatic rings. The molecular formula is C10H19NOS. The van der Waals surface area contributed by atoms with Gasteiger partial charge in [-0.1, -0.05) is 0 Å². The van der Waals surface area contributed by atoms with Crippen molar-refractivity contribution in [3.8, 4) is 0 Å². The number of carbonyl (C=O) groups excluding carboxylic acids is 1. The molecule has 1 rings (SSSR count). The molecule has 1 fully saturated rings. The number of ketones is 1. The van der Waals surface area contributed by atoms with Crippen molar-refractivity contribution < 1.29 is 4.79 Å². The number of nitrogens with zero attached hydrogens (tertiary/aromatic N) is 1. The molecule has 76 valence electrons. The lowest BCUT2D eigenvalue weighted by atomic mass is 9.93. The van der Waals surface area contributed by atoms with Crippen molar-refractivity contribution in [2.45, 2.75) is 31.7 Å². The fourth-order valence-electron chi connectivity index (χ4n) is 1.80. The molecule has 1 saturated carbocycles. The van der Waals surface area contributed by atoms with Crippen molar-refractivity contribution in [2.24, 2.45) is 0 Å². The van der Waals surface area contributed by atoms with Gasteiger partial charge in [0.15, 0.2) is 0 Å². The lowest BCUT2D eigenvalue weighted by molar-refractivity contribution is -0.121. The lowest BCUT2D eigenvalue weighted by Gasteiger charge is -2.30. The highest BCUT2D eigenvalue weighted by Crippen LogP contribution is 2.19. The second kappa shape index (κ2) is 5.66. The van der Waals surface area contributed by atoms with Gasteiger partial charge in [-0.2, -0.15) is 11.8 Å². The van der Waals surface area contributed by atoms with E-state index in [-0.39, 0.29) is 0 Å². The van der Waals surface area contributed by atoms with Gasteiger partial charge in [-0.3, -0.25) is 4.79 Å². The molecular weight excluding hydrogens is 182 g/mol. The number of thioether (sulfide) groups is 1. The SMILES string of the molecule is CSCCN(C)C1CCCC(=O)C1. The van der Waals surface area contributed by atoms with Crippen LogP contribution in [0.4, 0.5) is 0 Å². The maximum atomic E-state index is 11.2. The van der Waals surface area contributed by atoms with Crippen molar-refractivity contribution >= 4 is 17.5 Å². The Balaban J connectivity index is 2.28. The van der Waals surface area contributed by atoms with Crippen LogP contribution in [0, 0.1) is 0 Å². The molecule has 0 aliphatic heterocycles. The molecule has 0 radical (unpaired) electrons. The van der Waals surface area contributed by atoms with Gasteiger partial charge in [0.05, 0.1) is 0 Å². The summed E-state index contributed by atoms with van der Waals surface area (Å²) in [4.78, 5) is 13.6. The molecule has 1 aliphatic carbocycles. The van der Waals surface area contributed by atoms with Crippen LogP contribution >= 0.6 is 11.8 Å². The predicted molar refractivity (Wildman–Crippen MR) is 58.3 cm³/mol. The van der Waals surface area contributed by atoms with Crippen LogP contribution in [-0.2, 0) is 4.79 Å². The molecule has 0 bridgehead atoms. The summed E-state index contributed by atoms with van der Waals surface area (Å²) >= 11 is 1.87. The number of carbonyl (C=O) groups is 1. The molecule has 0 heterocycles. The Hall–Kier alpha value is -0.0200. The summed E-state index contributed by atoms with van der Waals surface area (Å²) in [6.07, 6.45) is 6.02. The quantitative estimate of drug-likeness (QED) is 0.691. The minimum Gasteiger partial charge on any atom is -0.302 e. The zero-order valence-corrected chi connectivity index (χ0v) is 9.40. The topological polar surface area (TPSA) is 20.3 Å². The minimum absolute atomic E-state index is 0.451. The first-order chi connectivity index (χ1) is 6.24. The van der Waals surface area contributed by atoms with Gasteiger partial charge in [-0.25, -0.2) is 0 Å². The van der Waals surface area contributed by atoms with E-state index in [0.717, 1.165) is 25.8 Å². The average Bonchev–Trinajstić information content (AvgIpc) is 2.14. The van der Waals surface area contributed by atoms with Gasteiger partial charge < -0.3 is 4.90 Å². The second-order valence-electron chi connectivity index (χ2n) is 3.76. The number of hydrogen-bond donors (Lipinski definition) is 0. The smallest absolute Gasteiger partial charge is 0.134 e. The summed E-state index contributed by atoms with van der Waals surface area (Å²) in [6.45, 7) is 1.11. The van der Waals surface area contributed by atoms with Crippen molar-refractivity contribution in [3.63, 3.8) is 0 Å². The first kappa shape index (κ1) is 11.1. The summed E-state index contributed by atoms with van der Waals surface area (Å²) < 4.78 is 0. The van der Waals surface area contributed by atoms with Crippen molar-refractivity contribution in [1.29, 1.82) is 0 Å². The molecule has 0 spiro atoms. The fraction of sp³-hybridized carbons (Fsp3) is 0.900. The molecule has 1 aliphatic rings. The highest BCUT2D eigenvalue weighted by molar-refractivity contribution is 7.98. The van der Waals surface area contributed by atoms with Gasteiger partial charge in [-0.05, 0) is 26.1 Å². The summed E-state index contributed by atoms with van der Waals surface area (Å²) in [6, 6.07) is 0.522. The molecule has 0 N–H and O–H groups in total. The third kappa shape index (κ3) is 3.69. The molecule has 2 nitrogen and oxygen atoms in total. The van der Waals surface area contributed by atoms with Crippen molar-refractivity contribution in [2.75, 3.05) is 25.6 Å². The molecule has 1 atom stereocenters. The fourth-order valence-corrected chi connectivity index (χ4v) is 2.27. The van der Waals surface area contributed by atoms with E-state index < -0.39 is 0 Å². The summed E-state index contributed by atoms with van der Waals surface area (Å²) in [5.74, 6) is 1.62. The van der Waals surface area contributed by atoms with Crippen LogP contribution in [0.15, 0.2) is 0 Å². The number of hydrogen-bond acceptors (Lipinski definition) is 3. The first-order valence-corrected chi connectivity index (χ1v) is 6.34. The number of rotatable bonds is 4. The van der Waals surface area contributed by atoms with Crippen LogP contribution in [0.5, 0.6) is 0 Å². The van der Waals surface area contributed by atoms with E-state index in [4.69, 9.17) is 0 Å². The van der Waals surface area contributed by atoms with Crippen LogP contribution < -0.4 is 0 Å². The maximum Gasteiger partial charge on any atom is 0.134 e. The van der Waals surface area contributed by atoms with E-state index in [2.05, 4.69) is 18.2 Å². The maximum absolute atomic E-state index is 11.2. The van der Waals surface area contributed by atoms with Crippen LogP contribution in [0.2, 0.25) is 0 Å². The lowest BCUT2D eigenvalue weighted by Crippen LogP contribution is -2.37. The van der Waals surface area contributed by atoms with Crippen LogP contribution in [0.3, 0.4) is 0 Å². The predicted octanol–water partition coefficient (Wildman–Crippen LogP) is 1.79. The van der Waals surface area contributed by atoms with Crippen molar-refractivity contribution in [3.05, 3.63) is 0 Å². The summed E-state index contributed by atoms with van der Waals surface area (Å²) in [5.41, 5.74) is 0. The zero-order chi connectivity index (χ0) is 9.68. The van der Waals surface area contributed by atoms with E-state index in [9.17, 15) is 4.79 Å². The Kier molecular flexibility index (Phi) is 4.81. The van der Waals surface area contributed by atoms with E-state index in [1.165, 1.54) is 12.2 Å². The average molecular weight is 201 g/mol. The second-order valence-corrected chi connectivity index (χ2v) is 4.75. The minimum atomic E-state index is 0.451. The normalized spacial score (nSPS) is 23.9.